The second kappa shape index (κ2) is 9.89. The zero-order valence-electron chi connectivity index (χ0n) is 16.2. The van der Waals surface area contributed by atoms with Gasteiger partial charge in [0.15, 0.2) is 0 Å². The third kappa shape index (κ3) is 6.19. The van der Waals surface area contributed by atoms with Gasteiger partial charge in [0, 0.05) is 19.4 Å². The fourth-order valence-electron chi connectivity index (χ4n) is 2.83. The highest BCUT2D eigenvalue weighted by Crippen LogP contribution is 2.25. The monoisotopic (exact) mass is 397 g/mol. The SMILES string of the molecule is Cc1cccc(OCC(O)CNC(=O)CCc2ccc(-c3ccccc3F)o2)c1. The van der Waals surface area contributed by atoms with Gasteiger partial charge >= 0.3 is 0 Å². The molecule has 1 heterocycles. The molecule has 0 bridgehead atoms. The van der Waals surface area contributed by atoms with E-state index in [0.29, 0.717) is 29.3 Å². The third-order valence-electron chi connectivity index (χ3n) is 4.37. The summed E-state index contributed by atoms with van der Waals surface area (Å²) in [5, 5.41) is 12.7. The van der Waals surface area contributed by atoms with Crippen LogP contribution in [0.15, 0.2) is 65.1 Å². The predicted octanol–water partition coefficient (Wildman–Crippen LogP) is 3.88. The van der Waals surface area contributed by atoms with Gasteiger partial charge in [0.25, 0.3) is 0 Å². The molecule has 3 aromatic rings. The van der Waals surface area contributed by atoms with Gasteiger partial charge in [0.1, 0.15) is 35.8 Å². The van der Waals surface area contributed by atoms with Crippen molar-refractivity contribution in [2.24, 2.45) is 0 Å². The van der Waals surface area contributed by atoms with Gasteiger partial charge in [-0.25, -0.2) is 4.39 Å². The Morgan fingerprint density at radius 1 is 1.17 bits per heavy atom. The lowest BCUT2D eigenvalue weighted by atomic mass is 10.1. The largest absolute Gasteiger partial charge is 0.491 e. The summed E-state index contributed by atoms with van der Waals surface area (Å²) in [4.78, 5) is 12.0. The summed E-state index contributed by atoms with van der Waals surface area (Å²) in [6, 6.07) is 17.3. The molecule has 0 radical (unpaired) electrons. The van der Waals surface area contributed by atoms with Crippen LogP contribution < -0.4 is 10.1 Å². The Morgan fingerprint density at radius 2 is 2.00 bits per heavy atom. The number of nitrogens with one attached hydrogen (secondary N) is 1. The van der Waals surface area contributed by atoms with Gasteiger partial charge in [-0.15, -0.1) is 0 Å². The Bertz CT molecular complexity index is 953. The molecule has 3 rings (SSSR count). The first-order valence-corrected chi connectivity index (χ1v) is 9.49. The minimum Gasteiger partial charge on any atom is -0.491 e. The molecule has 0 aliphatic carbocycles. The molecule has 0 saturated heterocycles. The van der Waals surface area contributed by atoms with Crippen LogP contribution in [0.25, 0.3) is 11.3 Å². The minimum absolute atomic E-state index is 0.0912. The molecular weight excluding hydrogens is 373 g/mol. The molecular formula is C23H24FNO4. The normalized spacial score (nSPS) is 11.8. The predicted molar refractivity (Wildman–Crippen MR) is 108 cm³/mol. The van der Waals surface area contributed by atoms with E-state index in [1.165, 1.54) is 6.07 Å². The highest BCUT2D eigenvalue weighted by Gasteiger charge is 2.12. The van der Waals surface area contributed by atoms with E-state index in [0.717, 1.165) is 5.56 Å². The molecule has 1 atom stereocenters. The number of halogens is 1. The molecule has 0 saturated carbocycles. The molecule has 5 nitrogen and oxygen atoms in total. The number of aliphatic hydroxyl groups excluding tert-OH is 1. The number of carbonyl (C=O) groups excluding carboxylic acids is 1. The zero-order chi connectivity index (χ0) is 20.6. The highest BCUT2D eigenvalue weighted by molar-refractivity contribution is 5.76. The van der Waals surface area contributed by atoms with Gasteiger partial charge in [0.05, 0.1) is 5.56 Å². The van der Waals surface area contributed by atoms with E-state index < -0.39 is 6.10 Å². The maximum atomic E-state index is 13.8. The number of hydrogen-bond donors (Lipinski definition) is 2. The second-order valence-corrected chi connectivity index (χ2v) is 6.83. The number of benzene rings is 2. The molecule has 1 amide bonds. The molecule has 2 aromatic carbocycles. The number of aryl methyl sites for hydroxylation is 2. The average molecular weight is 397 g/mol. The van der Waals surface area contributed by atoms with E-state index in [9.17, 15) is 14.3 Å². The van der Waals surface area contributed by atoms with Gasteiger partial charge in [-0.3, -0.25) is 4.79 Å². The number of ether oxygens (including phenoxy) is 1. The lowest BCUT2D eigenvalue weighted by molar-refractivity contribution is -0.121. The van der Waals surface area contributed by atoms with Crippen LogP contribution in [0.3, 0.4) is 0 Å². The van der Waals surface area contributed by atoms with Gasteiger partial charge in [-0.05, 0) is 48.9 Å². The van der Waals surface area contributed by atoms with E-state index in [-0.39, 0.29) is 31.3 Å². The number of rotatable bonds is 9. The summed E-state index contributed by atoms with van der Waals surface area (Å²) >= 11 is 0. The van der Waals surface area contributed by atoms with E-state index in [2.05, 4.69) is 5.32 Å². The van der Waals surface area contributed by atoms with Crippen molar-refractivity contribution in [1.29, 1.82) is 0 Å². The van der Waals surface area contributed by atoms with Crippen molar-refractivity contribution in [3.63, 3.8) is 0 Å². The molecule has 6 heteroatoms. The van der Waals surface area contributed by atoms with E-state index in [1.54, 1.807) is 30.3 Å². The number of carbonyl (C=O) groups is 1. The van der Waals surface area contributed by atoms with Crippen molar-refractivity contribution in [2.75, 3.05) is 13.2 Å². The summed E-state index contributed by atoms with van der Waals surface area (Å²) in [5.41, 5.74) is 1.46. The van der Waals surface area contributed by atoms with Crippen LogP contribution >= 0.6 is 0 Å². The minimum atomic E-state index is -0.810. The average Bonchev–Trinajstić information content (AvgIpc) is 3.18. The van der Waals surface area contributed by atoms with Crippen molar-refractivity contribution in [3.05, 3.63) is 77.8 Å². The summed E-state index contributed by atoms with van der Waals surface area (Å²) in [6.45, 7) is 2.15. The molecule has 152 valence electrons. The quantitative estimate of drug-likeness (QED) is 0.575. The van der Waals surface area contributed by atoms with E-state index in [4.69, 9.17) is 9.15 Å². The van der Waals surface area contributed by atoms with Crippen molar-refractivity contribution in [2.45, 2.75) is 25.9 Å². The first kappa shape index (κ1) is 20.6. The zero-order valence-corrected chi connectivity index (χ0v) is 16.2. The van der Waals surface area contributed by atoms with Crippen LogP contribution in [0.2, 0.25) is 0 Å². The van der Waals surface area contributed by atoms with Crippen LogP contribution in [-0.4, -0.2) is 30.3 Å². The number of aliphatic hydroxyl groups is 1. The van der Waals surface area contributed by atoms with Crippen molar-refractivity contribution >= 4 is 5.91 Å². The number of furan rings is 1. The first-order chi connectivity index (χ1) is 14.0. The molecule has 2 N–H and O–H groups in total. The second-order valence-electron chi connectivity index (χ2n) is 6.83. The molecule has 0 aliphatic heterocycles. The van der Waals surface area contributed by atoms with Crippen molar-refractivity contribution < 1.29 is 23.4 Å². The topological polar surface area (TPSA) is 71.7 Å². The lowest BCUT2D eigenvalue weighted by Gasteiger charge is -2.13. The van der Waals surface area contributed by atoms with E-state index >= 15 is 0 Å². The fourth-order valence-corrected chi connectivity index (χ4v) is 2.83. The molecule has 0 spiro atoms. The summed E-state index contributed by atoms with van der Waals surface area (Å²) in [5.74, 6) is 1.15. The molecule has 0 aliphatic rings. The number of hydrogen-bond acceptors (Lipinski definition) is 4. The standard InChI is InChI=1S/C23H24FNO4/c1-16-5-4-6-19(13-16)28-15-17(26)14-25-23(27)12-10-18-9-11-22(29-18)20-7-2-3-8-21(20)24/h2-9,11,13,17,26H,10,12,14-15H2,1H3,(H,25,27). The number of amides is 1. The van der Waals surface area contributed by atoms with Crippen LogP contribution in [0, 0.1) is 12.7 Å². The van der Waals surface area contributed by atoms with Crippen LogP contribution in [0.4, 0.5) is 4.39 Å². The van der Waals surface area contributed by atoms with Gasteiger partial charge < -0.3 is 19.6 Å². The first-order valence-electron chi connectivity index (χ1n) is 9.49. The summed E-state index contributed by atoms with van der Waals surface area (Å²) in [6.07, 6.45) is -0.220. The van der Waals surface area contributed by atoms with Crippen LogP contribution in [-0.2, 0) is 11.2 Å². The molecule has 29 heavy (non-hydrogen) atoms. The maximum Gasteiger partial charge on any atom is 0.220 e. The summed E-state index contributed by atoms with van der Waals surface area (Å²) in [7, 11) is 0. The molecule has 1 unspecified atom stereocenters. The maximum absolute atomic E-state index is 13.8. The lowest BCUT2D eigenvalue weighted by Crippen LogP contribution is -2.35. The summed E-state index contributed by atoms with van der Waals surface area (Å²) < 4.78 is 25.0. The van der Waals surface area contributed by atoms with Crippen molar-refractivity contribution in [1.82, 2.24) is 5.32 Å². The fraction of sp³-hybridized carbons (Fsp3) is 0.261. The van der Waals surface area contributed by atoms with Crippen LogP contribution in [0.1, 0.15) is 17.7 Å². The molecule has 0 fully saturated rings. The van der Waals surface area contributed by atoms with Crippen molar-refractivity contribution in [3.8, 4) is 17.1 Å². The van der Waals surface area contributed by atoms with Gasteiger partial charge in [-0.2, -0.15) is 0 Å². The smallest absolute Gasteiger partial charge is 0.220 e. The Hall–Kier alpha value is -3.12. The molecule has 1 aromatic heterocycles. The Morgan fingerprint density at radius 3 is 2.79 bits per heavy atom. The highest BCUT2D eigenvalue weighted by atomic mass is 19.1. The van der Waals surface area contributed by atoms with Gasteiger partial charge in [0.2, 0.25) is 5.91 Å². The Labute approximate surface area is 169 Å². The Kier molecular flexibility index (Phi) is 7.03. The Balaban J connectivity index is 1.39. The third-order valence-corrected chi connectivity index (χ3v) is 4.37. The van der Waals surface area contributed by atoms with E-state index in [1.807, 2.05) is 31.2 Å². The van der Waals surface area contributed by atoms with Crippen LogP contribution in [0.5, 0.6) is 5.75 Å². The van der Waals surface area contributed by atoms with Gasteiger partial charge in [-0.1, -0.05) is 24.3 Å².